The average molecular weight is 373 g/mol. The Labute approximate surface area is 142 Å². The summed E-state index contributed by atoms with van der Waals surface area (Å²) in [5.74, 6) is -0.777. The van der Waals surface area contributed by atoms with Crippen molar-refractivity contribution >= 4 is 21.6 Å². The maximum Gasteiger partial charge on any atom is 0.405 e. The minimum Gasteiger partial charge on any atom is -0.347 e. The molecule has 0 aliphatic rings. The Kier molecular flexibility index (Phi) is 5.62. The number of nitrogens with zero attached hydrogens (tertiary/aromatic N) is 1. The van der Waals surface area contributed by atoms with Gasteiger partial charge in [0.1, 0.15) is 11.4 Å². The lowest BCUT2D eigenvalue weighted by molar-refractivity contribution is -0.138. The van der Waals surface area contributed by atoms with E-state index in [0.29, 0.717) is 5.56 Å². The summed E-state index contributed by atoms with van der Waals surface area (Å²) in [5.41, 5.74) is 0.701. The Morgan fingerprint density at radius 1 is 1.12 bits per heavy atom. The van der Waals surface area contributed by atoms with E-state index in [0.717, 1.165) is 0 Å². The van der Waals surface area contributed by atoms with E-state index in [1.807, 2.05) is 0 Å². The monoisotopic (exact) mass is 373 g/mol. The molecule has 0 saturated carbocycles. The van der Waals surface area contributed by atoms with E-state index in [1.165, 1.54) is 48.8 Å². The molecule has 1 amide bonds. The number of amides is 1. The van der Waals surface area contributed by atoms with Crippen LogP contribution in [0.25, 0.3) is 0 Å². The molecule has 2 rings (SSSR count). The quantitative estimate of drug-likeness (QED) is 0.812. The average Bonchev–Trinajstić information content (AvgIpc) is 2.55. The molecule has 10 heteroatoms. The van der Waals surface area contributed by atoms with E-state index in [4.69, 9.17) is 0 Å². The molecule has 0 atom stereocenters. The van der Waals surface area contributed by atoms with Crippen molar-refractivity contribution in [2.75, 3.05) is 11.3 Å². The van der Waals surface area contributed by atoms with Gasteiger partial charge in [0.05, 0.1) is 6.42 Å². The Morgan fingerprint density at radius 2 is 1.80 bits per heavy atom. The molecule has 0 unspecified atom stereocenters. The van der Waals surface area contributed by atoms with E-state index in [-0.39, 0.29) is 17.0 Å². The molecule has 6 nitrogen and oxygen atoms in total. The SMILES string of the molecule is O=C(Cc1ccc(NS(=O)(=O)c2cccnc2)cc1)NCC(F)(F)F. The molecule has 2 N–H and O–H groups in total. The van der Waals surface area contributed by atoms with Gasteiger partial charge in [-0.1, -0.05) is 12.1 Å². The summed E-state index contributed by atoms with van der Waals surface area (Å²) in [7, 11) is -3.79. The molecular formula is C15H14F3N3O3S. The van der Waals surface area contributed by atoms with Crippen molar-refractivity contribution in [1.29, 1.82) is 0 Å². The lowest BCUT2D eigenvalue weighted by atomic mass is 10.1. The Balaban J connectivity index is 1.97. The first-order valence-corrected chi connectivity index (χ1v) is 8.49. The molecule has 1 aromatic heterocycles. The minimum atomic E-state index is -4.47. The van der Waals surface area contributed by atoms with Crippen LogP contribution < -0.4 is 10.0 Å². The predicted octanol–water partition coefficient (Wildman–Crippen LogP) is 2.10. The number of pyridine rings is 1. The first-order chi connectivity index (χ1) is 11.7. The van der Waals surface area contributed by atoms with Gasteiger partial charge in [0.15, 0.2) is 0 Å². The number of sulfonamides is 1. The third-order valence-corrected chi connectivity index (χ3v) is 4.37. The number of anilines is 1. The molecule has 1 heterocycles. The van der Waals surface area contributed by atoms with Crippen LogP contribution >= 0.6 is 0 Å². The molecule has 0 aliphatic heterocycles. The highest BCUT2D eigenvalue weighted by Gasteiger charge is 2.27. The minimum absolute atomic E-state index is 0.00870. The largest absolute Gasteiger partial charge is 0.405 e. The molecule has 0 radical (unpaired) electrons. The van der Waals surface area contributed by atoms with Gasteiger partial charge in [-0.25, -0.2) is 8.42 Å². The normalized spacial score (nSPS) is 11.8. The van der Waals surface area contributed by atoms with Crippen LogP contribution in [0.1, 0.15) is 5.56 Å². The van der Waals surface area contributed by atoms with Crippen LogP contribution in [0.2, 0.25) is 0 Å². The van der Waals surface area contributed by atoms with Crippen LogP contribution in [-0.4, -0.2) is 32.0 Å². The van der Waals surface area contributed by atoms with Gasteiger partial charge in [-0.2, -0.15) is 13.2 Å². The number of carbonyl (C=O) groups excluding carboxylic acids is 1. The molecule has 0 bridgehead atoms. The molecule has 0 spiro atoms. The van der Waals surface area contributed by atoms with Gasteiger partial charge in [0, 0.05) is 18.1 Å². The van der Waals surface area contributed by atoms with Crippen molar-refractivity contribution < 1.29 is 26.4 Å². The van der Waals surface area contributed by atoms with Crippen LogP contribution in [0.4, 0.5) is 18.9 Å². The molecule has 25 heavy (non-hydrogen) atoms. The maximum atomic E-state index is 12.1. The fourth-order valence-electron chi connectivity index (χ4n) is 1.86. The molecule has 0 fully saturated rings. The number of benzene rings is 1. The topological polar surface area (TPSA) is 88.2 Å². The predicted molar refractivity (Wildman–Crippen MR) is 84.3 cm³/mol. The molecule has 2 aromatic rings. The van der Waals surface area contributed by atoms with E-state index in [2.05, 4.69) is 9.71 Å². The van der Waals surface area contributed by atoms with Crippen molar-refractivity contribution in [2.45, 2.75) is 17.5 Å². The van der Waals surface area contributed by atoms with Crippen molar-refractivity contribution in [3.05, 3.63) is 54.4 Å². The number of rotatable bonds is 6. The van der Waals surface area contributed by atoms with E-state index in [1.54, 1.807) is 5.32 Å². The standard InChI is InChI=1S/C15H14F3N3O3S/c16-15(17,18)10-20-14(22)8-11-3-5-12(6-4-11)21-25(23,24)13-2-1-7-19-9-13/h1-7,9,21H,8,10H2,(H,20,22). The highest BCUT2D eigenvalue weighted by Crippen LogP contribution is 2.16. The maximum absolute atomic E-state index is 12.1. The van der Waals surface area contributed by atoms with Crippen molar-refractivity contribution in [3.63, 3.8) is 0 Å². The van der Waals surface area contributed by atoms with Gasteiger partial charge in [-0.05, 0) is 29.8 Å². The zero-order valence-electron chi connectivity index (χ0n) is 12.7. The van der Waals surface area contributed by atoms with Crippen LogP contribution in [-0.2, 0) is 21.2 Å². The first kappa shape index (κ1) is 18.7. The number of hydrogen-bond donors (Lipinski definition) is 2. The van der Waals surface area contributed by atoms with Crippen LogP contribution in [0.3, 0.4) is 0 Å². The van der Waals surface area contributed by atoms with Gasteiger partial charge in [0.25, 0.3) is 10.0 Å². The highest BCUT2D eigenvalue weighted by molar-refractivity contribution is 7.92. The summed E-state index contributed by atoms with van der Waals surface area (Å²) in [6.45, 7) is -1.39. The first-order valence-electron chi connectivity index (χ1n) is 7.01. The second kappa shape index (κ2) is 7.51. The summed E-state index contributed by atoms with van der Waals surface area (Å²) in [5, 5.41) is 1.76. The van der Waals surface area contributed by atoms with Crippen molar-refractivity contribution in [3.8, 4) is 0 Å². The number of nitrogens with one attached hydrogen (secondary N) is 2. The van der Waals surface area contributed by atoms with Gasteiger partial charge < -0.3 is 5.32 Å². The van der Waals surface area contributed by atoms with Gasteiger partial charge in [-0.3, -0.25) is 14.5 Å². The zero-order chi connectivity index (χ0) is 18.5. The van der Waals surface area contributed by atoms with Gasteiger partial charge in [-0.15, -0.1) is 0 Å². The summed E-state index contributed by atoms with van der Waals surface area (Å²) in [6.07, 6.45) is -2.07. The lowest BCUT2D eigenvalue weighted by Crippen LogP contribution is -2.34. The van der Waals surface area contributed by atoms with Crippen LogP contribution in [0.15, 0.2) is 53.7 Å². The number of carbonyl (C=O) groups is 1. The summed E-state index contributed by atoms with van der Waals surface area (Å²) >= 11 is 0. The van der Waals surface area contributed by atoms with Crippen LogP contribution in [0.5, 0.6) is 0 Å². The smallest absolute Gasteiger partial charge is 0.347 e. The van der Waals surface area contributed by atoms with Crippen LogP contribution in [0, 0.1) is 0 Å². The second-order valence-corrected chi connectivity index (χ2v) is 6.74. The third-order valence-electron chi connectivity index (χ3n) is 3.00. The second-order valence-electron chi connectivity index (χ2n) is 5.06. The Hall–Kier alpha value is -2.62. The lowest BCUT2D eigenvalue weighted by Gasteiger charge is -2.10. The number of halogens is 3. The van der Waals surface area contributed by atoms with Crippen molar-refractivity contribution in [2.24, 2.45) is 0 Å². The summed E-state index contributed by atoms with van der Waals surface area (Å²) in [6, 6.07) is 8.61. The van der Waals surface area contributed by atoms with E-state index < -0.39 is 28.7 Å². The zero-order valence-corrected chi connectivity index (χ0v) is 13.6. The Bertz CT molecular complexity index is 823. The van der Waals surface area contributed by atoms with E-state index >= 15 is 0 Å². The molecule has 0 saturated heterocycles. The number of alkyl halides is 3. The van der Waals surface area contributed by atoms with Crippen molar-refractivity contribution in [1.82, 2.24) is 10.3 Å². The number of aromatic nitrogens is 1. The molecular weight excluding hydrogens is 359 g/mol. The molecule has 1 aromatic carbocycles. The third kappa shape index (κ3) is 6.07. The molecule has 0 aliphatic carbocycles. The molecule has 134 valence electrons. The summed E-state index contributed by atoms with van der Waals surface area (Å²) < 4.78 is 62.6. The van der Waals surface area contributed by atoms with Gasteiger partial charge in [0.2, 0.25) is 5.91 Å². The number of hydrogen-bond acceptors (Lipinski definition) is 4. The van der Waals surface area contributed by atoms with Gasteiger partial charge >= 0.3 is 6.18 Å². The highest BCUT2D eigenvalue weighted by atomic mass is 32.2. The summed E-state index contributed by atoms with van der Waals surface area (Å²) in [4.78, 5) is 15.1. The fraction of sp³-hybridized carbons (Fsp3) is 0.200. The van der Waals surface area contributed by atoms with E-state index in [9.17, 15) is 26.4 Å². The fourth-order valence-corrected chi connectivity index (χ4v) is 2.88. The Morgan fingerprint density at radius 3 is 2.36 bits per heavy atom.